The van der Waals surface area contributed by atoms with Gasteiger partial charge in [0, 0.05) is 15.6 Å². The van der Waals surface area contributed by atoms with Gasteiger partial charge in [0.15, 0.2) is 0 Å². The number of fused-ring (bicyclic) bond motifs is 2. The smallest absolute Gasteiger partial charge is 0.121 e. The van der Waals surface area contributed by atoms with Gasteiger partial charge in [-0.3, -0.25) is 0 Å². The molecule has 0 aliphatic carbocycles. The van der Waals surface area contributed by atoms with Crippen molar-refractivity contribution in [1.82, 2.24) is 0 Å². The molecular weight excluding hydrogens is 508 g/mol. The van der Waals surface area contributed by atoms with Crippen molar-refractivity contribution in [1.29, 1.82) is 0 Å². The summed E-state index contributed by atoms with van der Waals surface area (Å²) in [6.07, 6.45) is 0. The molecule has 3 heteroatoms. The van der Waals surface area contributed by atoms with Gasteiger partial charge in [0.25, 0.3) is 0 Å². The fraction of sp³-hybridized carbons (Fsp3) is 0.0303. The molecule has 6 aromatic rings. The van der Waals surface area contributed by atoms with Crippen LogP contribution in [-0.4, -0.2) is 10.2 Å². The van der Waals surface area contributed by atoms with Crippen molar-refractivity contribution in [2.45, 2.75) is 5.41 Å². The highest BCUT2D eigenvalue weighted by atomic mass is 79.9. The summed E-state index contributed by atoms with van der Waals surface area (Å²) in [6.45, 7) is 0. The first-order valence-corrected chi connectivity index (χ1v) is 12.6. The van der Waals surface area contributed by atoms with E-state index in [0.717, 1.165) is 48.3 Å². The lowest BCUT2D eigenvalue weighted by molar-refractivity contribution is 0.450. The molecule has 0 spiro atoms. The molecule has 0 atom stereocenters. The maximum absolute atomic E-state index is 11.7. The second-order valence-corrected chi connectivity index (χ2v) is 9.90. The van der Waals surface area contributed by atoms with Crippen LogP contribution < -0.4 is 0 Å². The summed E-state index contributed by atoms with van der Waals surface area (Å²) in [5, 5.41) is 27.2. The zero-order valence-electron chi connectivity index (χ0n) is 19.4. The molecule has 0 aliphatic rings. The largest absolute Gasteiger partial charge is 0.508 e. The van der Waals surface area contributed by atoms with E-state index in [1.807, 2.05) is 78.9 Å². The Morgan fingerprint density at radius 3 is 1.53 bits per heavy atom. The number of halogens is 1. The average molecular weight is 531 g/mol. The SMILES string of the molecule is Oc1ccc2ccccc2c1C(c1ccccc1)(c1cccc(Br)c1)c1c(O)ccc2ccccc12. The van der Waals surface area contributed by atoms with Gasteiger partial charge < -0.3 is 10.2 Å². The number of hydrogen-bond acceptors (Lipinski definition) is 2. The maximum Gasteiger partial charge on any atom is 0.121 e. The molecule has 0 fully saturated rings. The highest BCUT2D eigenvalue weighted by molar-refractivity contribution is 9.10. The molecular formula is C33H23BrO2. The van der Waals surface area contributed by atoms with Gasteiger partial charge >= 0.3 is 0 Å². The van der Waals surface area contributed by atoms with E-state index in [4.69, 9.17) is 0 Å². The molecule has 0 saturated heterocycles. The quantitative estimate of drug-likeness (QED) is 0.224. The molecule has 36 heavy (non-hydrogen) atoms. The van der Waals surface area contributed by atoms with Crippen molar-refractivity contribution >= 4 is 37.5 Å². The predicted octanol–water partition coefficient (Wildman–Crippen LogP) is 8.55. The lowest BCUT2D eigenvalue weighted by atomic mass is 9.62. The third kappa shape index (κ3) is 3.39. The van der Waals surface area contributed by atoms with E-state index in [-0.39, 0.29) is 11.5 Å². The number of hydrogen-bond donors (Lipinski definition) is 2. The van der Waals surface area contributed by atoms with Crippen LogP contribution in [0.3, 0.4) is 0 Å². The summed E-state index contributed by atoms with van der Waals surface area (Å²) in [7, 11) is 0. The second-order valence-electron chi connectivity index (χ2n) is 8.99. The van der Waals surface area contributed by atoms with Gasteiger partial charge in [0.2, 0.25) is 0 Å². The Hall–Kier alpha value is -4.08. The molecule has 0 bridgehead atoms. The van der Waals surface area contributed by atoms with Crippen LogP contribution in [0, 0.1) is 0 Å². The van der Waals surface area contributed by atoms with E-state index in [9.17, 15) is 10.2 Å². The standard InChI is InChI=1S/C33H23BrO2/c34-26-14-8-13-25(21-26)33(24-11-2-1-3-12-24,31-27-15-6-4-9-22(27)17-19-29(31)35)32-28-16-7-5-10-23(28)18-20-30(32)36/h1-21,35-36H. The van der Waals surface area contributed by atoms with Gasteiger partial charge in [0.1, 0.15) is 11.5 Å². The number of phenolic OH excluding ortho intramolecular Hbond substituents is 2. The number of aromatic hydroxyl groups is 2. The van der Waals surface area contributed by atoms with Crippen LogP contribution in [0.15, 0.2) is 132 Å². The molecule has 0 unspecified atom stereocenters. The summed E-state index contributed by atoms with van der Waals surface area (Å²) in [6, 6.07) is 41.9. The highest BCUT2D eigenvalue weighted by Crippen LogP contribution is 2.54. The Bertz CT molecular complexity index is 1640. The minimum atomic E-state index is -1.03. The Morgan fingerprint density at radius 2 is 0.972 bits per heavy atom. The minimum absolute atomic E-state index is 0.171. The topological polar surface area (TPSA) is 40.5 Å². The van der Waals surface area contributed by atoms with Crippen LogP contribution in [0.2, 0.25) is 0 Å². The molecule has 6 aromatic carbocycles. The van der Waals surface area contributed by atoms with Crippen molar-refractivity contribution in [2.75, 3.05) is 0 Å². The monoisotopic (exact) mass is 530 g/mol. The van der Waals surface area contributed by atoms with Crippen molar-refractivity contribution in [2.24, 2.45) is 0 Å². The van der Waals surface area contributed by atoms with E-state index in [1.54, 1.807) is 12.1 Å². The van der Waals surface area contributed by atoms with Gasteiger partial charge in [-0.15, -0.1) is 0 Å². The lowest BCUT2D eigenvalue weighted by Gasteiger charge is -2.39. The van der Waals surface area contributed by atoms with Gasteiger partial charge in [-0.1, -0.05) is 119 Å². The molecule has 0 aliphatic heterocycles. The van der Waals surface area contributed by atoms with Crippen LogP contribution in [0.1, 0.15) is 22.3 Å². The van der Waals surface area contributed by atoms with Gasteiger partial charge in [-0.05, 0) is 56.9 Å². The van der Waals surface area contributed by atoms with Gasteiger partial charge in [-0.25, -0.2) is 0 Å². The lowest BCUT2D eigenvalue weighted by Crippen LogP contribution is -2.32. The van der Waals surface area contributed by atoms with E-state index < -0.39 is 5.41 Å². The first kappa shape index (κ1) is 22.4. The molecule has 0 amide bonds. The molecule has 0 saturated carbocycles. The highest BCUT2D eigenvalue weighted by Gasteiger charge is 2.44. The first-order chi connectivity index (χ1) is 17.6. The summed E-state index contributed by atoms with van der Waals surface area (Å²) < 4.78 is 0.916. The van der Waals surface area contributed by atoms with E-state index in [2.05, 4.69) is 52.3 Å². The minimum Gasteiger partial charge on any atom is -0.508 e. The fourth-order valence-corrected chi connectivity index (χ4v) is 5.99. The van der Waals surface area contributed by atoms with Crippen LogP contribution in [-0.2, 0) is 5.41 Å². The molecule has 6 rings (SSSR count). The Labute approximate surface area is 218 Å². The molecule has 0 heterocycles. The Kier molecular flexibility index (Phi) is 5.50. The summed E-state index contributed by atoms with van der Waals surface area (Å²) in [5.74, 6) is 0.342. The third-order valence-corrected chi connectivity index (χ3v) is 7.52. The Morgan fingerprint density at radius 1 is 0.472 bits per heavy atom. The van der Waals surface area contributed by atoms with Crippen molar-refractivity contribution in [3.05, 3.63) is 154 Å². The molecule has 2 nitrogen and oxygen atoms in total. The summed E-state index contributed by atoms with van der Waals surface area (Å²) in [4.78, 5) is 0. The summed E-state index contributed by atoms with van der Waals surface area (Å²) >= 11 is 3.68. The Balaban J connectivity index is 1.94. The van der Waals surface area contributed by atoms with E-state index >= 15 is 0 Å². The number of benzene rings is 6. The summed E-state index contributed by atoms with van der Waals surface area (Å²) in [5.41, 5.74) is 2.32. The number of rotatable bonds is 4. The van der Waals surface area contributed by atoms with Crippen molar-refractivity contribution < 1.29 is 10.2 Å². The van der Waals surface area contributed by atoms with Gasteiger partial charge in [-0.2, -0.15) is 0 Å². The van der Waals surface area contributed by atoms with E-state index in [1.165, 1.54) is 0 Å². The number of phenols is 2. The molecule has 0 radical (unpaired) electrons. The normalized spacial score (nSPS) is 11.7. The second kappa shape index (κ2) is 8.85. The maximum atomic E-state index is 11.7. The van der Waals surface area contributed by atoms with Crippen LogP contribution >= 0.6 is 15.9 Å². The third-order valence-electron chi connectivity index (χ3n) is 7.03. The molecule has 174 valence electrons. The van der Waals surface area contributed by atoms with Crippen LogP contribution in [0.5, 0.6) is 11.5 Å². The van der Waals surface area contributed by atoms with E-state index in [0.29, 0.717) is 0 Å². The first-order valence-electron chi connectivity index (χ1n) is 11.8. The molecule has 0 aromatic heterocycles. The van der Waals surface area contributed by atoms with Crippen LogP contribution in [0.4, 0.5) is 0 Å². The molecule has 2 N–H and O–H groups in total. The van der Waals surface area contributed by atoms with Crippen molar-refractivity contribution in [3.8, 4) is 11.5 Å². The van der Waals surface area contributed by atoms with Crippen molar-refractivity contribution in [3.63, 3.8) is 0 Å². The van der Waals surface area contributed by atoms with Crippen LogP contribution in [0.25, 0.3) is 21.5 Å². The predicted molar refractivity (Wildman–Crippen MR) is 151 cm³/mol. The average Bonchev–Trinajstić information content (AvgIpc) is 2.91. The van der Waals surface area contributed by atoms with Gasteiger partial charge in [0.05, 0.1) is 5.41 Å². The fourth-order valence-electron chi connectivity index (χ4n) is 5.59. The zero-order valence-corrected chi connectivity index (χ0v) is 21.0. The zero-order chi connectivity index (χ0) is 24.7.